The Morgan fingerprint density at radius 3 is 3.00 bits per heavy atom. The van der Waals surface area contributed by atoms with Crippen LogP contribution in [0.15, 0.2) is 51.4 Å². The van der Waals surface area contributed by atoms with Crippen molar-refractivity contribution in [2.24, 2.45) is 0 Å². The molecule has 4 rings (SSSR count). The second-order valence-corrected chi connectivity index (χ2v) is 7.80. The van der Waals surface area contributed by atoms with Crippen LogP contribution in [-0.2, 0) is 11.2 Å². The number of nitrogens with zero attached hydrogens (tertiary/aromatic N) is 1. The van der Waals surface area contributed by atoms with Crippen molar-refractivity contribution in [3.8, 4) is 5.75 Å². The number of carbonyl (C=O) groups excluding carboxylic acids is 1. The third-order valence-electron chi connectivity index (χ3n) is 4.04. The Labute approximate surface area is 158 Å². The fourth-order valence-corrected chi connectivity index (χ4v) is 4.30. The SMILES string of the molecule is COc1ccc2c(CC(=O)Nc3ccc4nc(SC)sc4c3)coc2c1. The summed E-state index contributed by atoms with van der Waals surface area (Å²) in [6.45, 7) is 0. The number of fused-ring (bicyclic) bond motifs is 2. The van der Waals surface area contributed by atoms with Crippen LogP contribution in [0.5, 0.6) is 5.75 Å². The van der Waals surface area contributed by atoms with Gasteiger partial charge in [0.1, 0.15) is 11.3 Å². The molecule has 4 aromatic rings. The van der Waals surface area contributed by atoms with Crippen molar-refractivity contribution >= 4 is 55.9 Å². The van der Waals surface area contributed by atoms with Crippen molar-refractivity contribution in [2.75, 3.05) is 18.7 Å². The molecule has 2 aromatic carbocycles. The Balaban J connectivity index is 1.52. The number of ether oxygens (including phenoxy) is 1. The molecule has 0 saturated heterocycles. The summed E-state index contributed by atoms with van der Waals surface area (Å²) in [6, 6.07) is 11.4. The molecule has 0 fully saturated rings. The monoisotopic (exact) mass is 384 g/mol. The maximum atomic E-state index is 12.5. The predicted octanol–water partition coefficient (Wildman–Crippen LogP) is 4.95. The van der Waals surface area contributed by atoms with Crippen molar-refractivity contribution < 1.29 is 13.9 Å². The minimum atomic E-state index is -0.0857. The van der Waals surface area contributed by atoms with Crippen LogP contribution in [0.1, 0.15) is 5.56 Å². The zero-order chi connectivity index (χ0) is 18.1. The minimum absolute atomic E-state index is 0.0857. The molecule has 0 bridgehead atoms. The molecule has 1 amide bonds. The molecular weight excluding hydrogens is 368 g/mol. The average Bonchev–Trinajstić information content (AvgIpc) is 3.24. The van der Waals surface area contributed by atoms with Crippen LogP contribution in [0.3, 0.4) is 0 Å². The van der Waals surface area contributed by atoms with Crippen LogP contribution < -0.4 is 10.1 Å². The number of thiazole rings is 1. The highest BCUT2D eigenvalue weighted by molar-refractivity contribution is 8.00. The quantitative estimate of drug-likeness (QED) is 0.493. The third-order valence-corrected chi connectivity index (χ3v) is 6.04. The van der Waals surface area contributed by atoms with Gasteiger partial charge in [-0.05, 0) is 36.6 Å². The summed E-state index contributed by atoms with van der Waals surface area (Å²) in [6.07, 6.45) is 3.88. The van der Waals surface area contributed by atoms with Gasteiger partial charge in [0.15, 0.2) is 4.34 Å². The highest BCUT2D eigenvalue weighted by Gasteiger charge is 2.12. The number of thioether (sulfide) groups is 1. The van der Waals surface area contributed by atoms with E-state index in [-0.39, 0.29) is 12.3 Å². The number of nitrogens with one attached hydrogen (secondary N) is 1. The van der Waals surface area contributed by atoms with Crippen LogP contribution in [0.4, 0.5) is 5.69 Å². The maximum absolute atomic E-state index is 12.5. The second kappa shape index (κ2) is 7.01. The summed E-state index contributed by atoms with van der Waals surface area (Å²) in [5.41, 5.74) is 3.28. The smallest absolute Gasteiger partial charge is 0.228 e. The van der Waals surface area contributed by atoms with Crippen LogP contribution in [0.2, 0.25) is 0 Å². The number of carbonyl (C=O) groups is 1. The molecule has 0 atom stereocenters. The molecular formula is C19H16N2O3S2. The average molecular weight is 384 g/mol. The summed E-state index contributed by atoms with van der Waals surface area (Å²) < 4.78 is 12.8. The standard InChI is InChI=1S/C19H16N2O3S2/c1-23-13-4-5-14-11(10-24-16(14)9-13)7-18(22)20-12-3-6-15-17(8-12)26-19(21-15)25-2/h3-6,8-10H,7H2,1-2H3,(H,20,22). The Morgan fingerprint density at radius 1 is 1.31 bits per heavy atom. The van der Waals surface area contributed by atoms with Gasteiger partial charge in [0, 0.05) is 22.7 Å². The fraction of sp³-hybridized carbons (Fsp3) is 0.158. The van der Waals surface area contributed by atoms with Gasteiger partial charge in [0.05, 0.1) is 30.0 Å². The lowest BCUT2D eigenvalue weighted by molar-refractivity contribution is -0.115. The molecule has 0 aliphatic carbocycles. The van der Waals surface area contributed by atoms with Crippen LogP contribution in [0, 0.1) is 0 Å². The fourth-order valence-electron chi connectivity index (χ4n) is 2.77. The number of methoxy groups -OCH3 is 1. The first kappa shape index (κ1) is 16.9. The van der Waals surface area contributed by atoms with Crippen molar-refractivity contribution in [1.82, 2.24) is 4.98 Å². The molecule has 0 aliphatic rings. The van der Waals surface area contributed by atoms with E-state index in [1.54, 1.807) is 36.5 Å². The molecule has 0 spiro atoms. The summed E-state index contributed by atoms with van der Waals surface area (Å²) in [4.78, 5) is 17.0. The van der Waals surface area contributed by atoms with Crippen molar-refractivity contribution in [3.05, 3.63) is 48.2 Å². The molecule has 0 saturated carbocycles. The number of amides is 1. The number of aromatic nitrogens is 1. The summed E-state index contributed by atoms with van der Waals surface area (Å²) >= 11 is 3.24. The normalized spacial score (nSPS) is 11.2. The number of hydrogen-bond donors (Lipinski definition) is 1. The first-order chi connectivity index (χ1) is 12.7. The van der Waals surface area contributed by atoms with Gasteiger partial charge in [-0.2, -0.15) is 0 Å². The lowest BCUT2D eigenvalue weighted by Crippen LogP contribution is -2.14. The topological polar surface area (TPSA) is 64.4 Å². The molecule has 0 radical (unpaired) electrons. The van der Waals surface area contributed by atoms with Crippen LogP contribution >= 0.6 is 23.1 Å². The van der Waals surface area contributed by atoms with Gasteiger partial charge in [0.2, 0.25) is 5.91 Å². The predicted molar refractivity (Wildman–Crippen MR) is 107 cm³/mol. The van der Waals surface area contributed by atoms with Crippen LogP contribution in [-0.4, -0.2) is 24.3 Å². The molecule has 5 nitrogen and oxygen atoms in total. The van der Waals surface area contributed by atoms with E-state index >= 15 is 0 Å². The van der Waals surface area contributed by atoms with E-state index in [0.29, 0.717) is 5.58 Å². The zero-order valence-electron chi connectivity index (χ0n) is 14.2. The van der Waals surface area contributed by atoms with E-state index in [4.69, 9.17) is 9.15 Å². The number of hydrogen-bond acceptors (Lipinski definition) is 6. The molecule has 1 N–H and O–H groups in total. The Morgan fingerprint density at radius 2 is 2.19 bits per heavy atom. The van der Waals surface area contributed by atoms with Gasteiger partial charge < -0.3 is 14.5 Å². The van der Waals surface area contributed by atoms with Gasteiger partial charge >= 0.3 is 0 Å². The summed E-state index contributed by atoms with van der Waals surface area (Å²) in [5.74, 6) is 0.641. The van der Waals surface area contributed by atoms with E-state index in [1.165, 1.54) is 0 Å². The highest BCUT2D eigenvalue weighted by atomic mass is 32.2. The Kier molecular flexibility index (Phi) is 4.57. The van der Waals surface area contributed by atoms with E-state index < -0.39 is 0 Å². The Hall–Kier alpha value is -2.51. The first-order valence-electron chi connectivity index (χ1n) is 7.95. The lowest BCUT2D eigenvalue weighted by atomic mass is 10.1. The minimum Gasteiger partial charge on any atom is -0.497 e. The second-order valence-electron chi connectivity index (χ2n) is 5.71. The lowest BCUT2D eigenvalue weighted by Gasteiger charge is -2.04. The number of benzene rings is 2. The molecule has 0 unspecified atom stereocenters. The van der Waals surface area contributed by atoms with Gasteiger partial charge in [-0.3, -0.25) is 4.79 Å². The summed E-state index contributed by atoms with van der Waals surface area (Å²) in [5, 5.41) is 3.87. The van der Waals surface area contributed by atoms with Gasteiger partial charge in [-0.1, -0.05) is 11.8 Å². The van der Waals surface area contributed by atoms with E-state index in [2.05, 4.69) is 10.3 Å². The molecule has 2 heterocycles. The number of rotatable bonds is 5. The third kappa shape index (κ3) is 3.27. The van der Waals surface area contributed by atoms with Gasteiger partial charge in [0.25, 0.3) is 0 Å². The van der Waals surface area contributed by atoms with Crippen molar-refractivity contribution in [2.45, 2.75) is 10.8 Å². The van der Waals surface area contributed by atoms with Crippen molar-refractivity contribution in [1.29, 1.82) is 0 Å². The molecule has 2 aromatic heterocycles. The first-order valence-corrected chi connectivity index (χ1v) is 9.99. The molecule has 0 aliphatic heterocycles. The van der Waals surface area contributed by atoms with Gasteiger partial charge in [-0.15, -0.1) is 11.3 Å². The highest BCUT2D eigenvalue weighted by Crippen LogP contribution is 2.30. The van der Waals surface area contributed by atoms with E-state index in [1.807, 2.05) is 42.7 Å². The summed E-state index contributed by atoms with van der Waals surface area (Å²) in [7, 11) is 1.61. The van der Waals surface area contributed by atoms with E-state index in [0.717, 1.165) is 36.9 Å². The van der Waals surface area contributed by atoms with Crippen LogP contribution in [0.25, 0.3) is 21.2 Å². The van der Waals surface area contributed by atoms with Gasteiger partial charge in [-0.25, -0.2) is 4.98 Å². The largest absolute Gasteiger partial charge is 0.497 e. The molecule has 132 valence electrons. The van der Waals surface area contributed by atoms with Crippen molar-refractivity contribution in [3.63, 3.8) is 0 Å². The Bertz CT molecular complexity index is 1100. The zero-order valence-corrected chi connectivity index (χ0v) is 15.9. The number of anilines is 1. The maximum Gasteiger partial charge on any atom is 0.228 e. The number of furan rings is 1. The molecule has 7 heteroatoms. The van der Waals surface area contributed by atoms with E-state index in [9.17, 15) is 4.79 Å². The molecule has 26 heavy (non-hydrogen) atoms.